The Balaban J connectivity index is 2.08. The van der Waals surface area contributed by atoms with Crippen LogP contribution in [-0.4, -0.2) is 6.61 Å². The summed E-state index contributed by atoms with van der Waals surface area (Å²) >= 11 is 11.2. The fraction of sp³-hybridized carbons (Fsp3) is 0.333. The first-order valence-electron chi connectivity index (χ1n) is 5.16. The highest BCUT2D eigenvalue weighted by Gasteiger charge is 2.18. The average molecular weight is 258 g/mol. The molecule has 0 heterocycles. The summed E-state index contributed by atoms with van der Waals surface area (Å²) in [5.74, 6) is 0.810. The second kappa shape index (κ2) is 5.09. The fourth-order valence-electron chi connectivity index (χ4n) is 1.90. The van der Waals surface area contributed by atoms with Gasteiger partial charge in [0, 0.05) is 11.6 Å². The first-order valence-corrected chi connectivity index (χ1v) is 5.98. The lowest BCUT2D eigenvalue weighted by molar-refractivity contribution is 0.359. The Hall–Kier alpha value is -0.700. The van der Waals surface area contributed by atoms with Gasteiger partial charge in [0.05, 0.1) is 5.03 Å². The fourth-order valence-corrected chi connectivity index (χ4v) is 2.02. The summed E-state index contributed by atoms with van der Waals surface area (Å²) in [7, 11) is 0. The van der Waals surface area contributed by atoms with Crippen LogP contribution < -0.4 is 10.5 Å². The first-order chi connectivity index (χ1) is 7.70. The molecule has 1 aliphatic carbocycles. The number of hydrogen-bond acceptors (Lipinski definition) is 2. The minimum atomic E-state index is 0.176. The molecule has 0 aromatic heterocycles. The van der Waals surface area contributed by atoms with Gasteiger partial charge in [-0.15, -0.1) is 0 Å². The van der Waals surface area contributed by atoms with E-state index in [0.717, 1.165) is 18.6 Å². The minimum Gasteiger partial charge on any atom is -0.488 e. The molecule has 2 rings (SSSR count). The van der Waals surface area contributed by atoms with E-state index in [9.17, 15) is 0 Å². The molecule has 1 aliphatic rings. The SMILES string of the molecule is N[C@H]1CCc2cc(OC/C(Cl)=C/Cl)ccc21. The summed E-state index contributed by atoms with van der Waals surface area (Å²) in [6.45, 7) is 0.301. The Morgan fingerprint density at radius 2 is 2.38 bits per heavy atom. The molecule has 0 amide bonds. The van der Waals surface area contributed by atoms with Crippen molar-refractivity contribution >= 4 is 23.2 Å². The van der Waals surface area contributed by atoms with Gasteiger partial charge in [-0.25, -0.2) is 0 Å². The lowest BCUT2D eigenvalue weighted by Gasteiger charge is -2.08. The number of hydrogen-bond donors (Lipinski definition) is 1. The molecule has 0 fully saturated rings. The molecule has 16 heavy (non-hydrogen) atoms. The number of halogens is 2. The van der Waals surface area contributed by atoms with E-state index < -0.39 is 0 Å². The highest BCUT2D eigenvalue weighted by atomic mass is 35.5. The third-order valence-electron chi connectivity index (χ3n) is 2.73. The molecule has 2 N–H and O–H groups in total. The van der Waals surface area contributed by atoms with Gasteiger partial charge in [-0.3, -0.25) is 0 Å². The monoisotopic (exact) mass is 257 g/mol. The van der Waals surface area contributed by atoms with Crippen molar-refractivity contribution in [1.29, 1.82) is 0 Å². The maximum atomic E-state index is 5.95. The van der Waals surface area contributed by atoms with E-state index >= 15 is 0 Å². The van der Waals surface area contributed by atoms with E-state index in [1.807, 2.05) is 18.2 Å². The van der Waals surface area contributed by atoms with Crippen LogP contribution >= 0.6 is 23.2 Å². The standard InChI is InChI=1S/C12H13Cl2NO/c13-6-9(14)7-16-10-2-3-11-8(5-10)1-4-12(11)15/h2-3,5-6,12H,1,4,7,15H2/b9-6-/t12-/m0/s1. The van der Waals surface area contributed by atoms with Gasteiger partial charge in [-0.2, -0.15) is 0 Å². The lowest BCUT2D eigenvalue weighted by Crippen LogP contribution is -2.05. The smallest absolute Gasteiger partial charge is 0.125 e. The van der Waals surface area contributed by atoms with Gasteiger partial charge in [0.15, 0.2) is 0 Å². The van der Waals surface area contributed by atoms with Crippen molar-refractivity contribution in [2.45, 2.75) is 18.9 Å². The van der Waals surface area contributed by atoms with Gasteiger partial charge in [0.2, 0.25) is 0 Å². The minimum absolute atomic E-state index is 0.176. The Labute approximate surface area is 105 Å². The van der Waals surface area contributed by atoms with Crippen LogP contribution in [0.1, 0.15) is 23.6 Å². The van der Waals surface area contributed by atoms with Crippen LogP contribution in [0.5, 0.6) is 5.75 Å². The molecule has 0 saturated heterocycles. The normalized spacial score (nSPS) is 19.7. The van der Waals surface area contributed by atoms with E-state index in [0.29, 0.717) is 11.6 Å². The van der Waals surface area contributed by atoms with Crippen molar-refractivity contribution in [3.63, 3.8) is 0 Å². The Bertz CT molecular complexity index is 417. The van der Waals surface area contributed by atoms with Crippen LogP contribution in [0.25, 0.3) is 0 Å². The maximum Gasteiger partial charge on any atom is 0.125 e. The van der Waals surface area contributed by atoms with Crippen molar-refractivity contribution in [2.24, 2.45) is 5.73 Å². The molecule has 1 aromatic rings. The zero-order chi connectivity index (χ0) is 11.5. The van der Waals surface area contributed by atoms with Crippen LogP contribution in [0.3, 0.4) is 0 Å². The van der Waals surface area contributed by atoms with Crippen molar-refractivity contribution < 1.29 is 4.74 Å². The Morgan fingerprint density at radius 1 is 1.56 bits per heavy atom. The van der Waals surface area contributed by atoms with Gasteiger partial charge in [0.1, 0.15) is 12.4 Å². The largest absolute Gasteiger partial charge is 0.488 e. The molecular formula is C12H13Cl2NO. The summed E-state index contributed by atoms with van der Waals surface area (Å²) in [6.07, 6.45) is 2.04. The predicted octanol–water partition coefficient (Wildman–Crippen LogP) is 3.33. The summed E-state index contributed by atoms with van der Waals surface area (Å²) in [5.41, 5.74) is 9.76. The predicted molar refractivity (Wildman–Crippen MR) is 67.0 cm³/mol. The third kappa shape index (κ3) is 2.51. The molecular weight excluding hydrogens is 245 g/mol. The second-order valence-corrected chi connectivity index (χ2v) is 4.55. The van der Waals surface area contributed by atoms with Crippen molar-refractivity contribution in [3.8, 4) is 5.75 Å². The van der Waals surface area contributed by atoms with Crippen LogP contribution in [0, 0.1) is 0 Å². The van der Waals surface area contributed by atoms with Gasteiger partial charge in [-0.05, 0) is 36.1 Å². The number of ether oxygens (including phenoxy) is 1. The zero-order valence-corrected chi connectivity index (χ0v) is 10.3. The number of aryl methyl sites for hydroxylation is 1. The summed E-state index contributed by atoms with van der Waals surface area (Å²) in [5, 5.41) is 0.485. The van der Waals surface area contributed by atoms with E-state index in [4.69, 9.17) is 33.7 Å². The number of benzene rings is 1. The number of rotatable bonds is 3. The van der Waals surface area contributed by atoms with E-state index in [1.165, 1.54) is 16.7 Å². The molecule has 86 valence electrons. The van der Waals surface area contributed by atoms with Crippen molar-refractivity contribution in [1.82, 2.24) is 0 Å². The molecule has 0 unspecified atom stereocenters. The van der Waals surface area contributed by atoms with E-state index in [2.05, 4.69) is 0 Å². The summed E-state index contributed by atoms with van der Waals surface area (Å²) in [4.78, 5) is 0. The molecule has 0 saturated carbocycles. The lowest BCUT2D eigenvalue weighted by atomic mass is 10.1. The Kier molecular flexibility index (Phi) is 3.74. The highest BCUT2D eigenvalue weighted by Crippen LogP contribution is 2.31. The van der Waals surface area contributed by atoms with E-state index in [-0.39, 0.29) is 6.04 Å². The molecule has 1 aromatic carbocycles. The van der Waals surface area contributed by atoms with Crippen LogP contribution in [-0.2, 0) is 6.42 Å². The summed E-state index contributed by atoms with van der Waals surface area (Å²) < 4.78 is 5.49. The molecule has 1 atom stereocenters. The topological polar surface area (TPSA) is 35.2 Å². The van der Waals surface area contributed by atoms with Crippen LogP contribution in [0.2, 0.25) is 0 Å². The second-order valence-electron chi connectivity index (χ2n) is 3.85. The molecule has 4 heteroatoms. The maximum absolute atomic E-state index is 5.95. The highest BCUT2D eigenvalue weighted by molar-refractivity contribution is 6.36. The van der Waals surface area contributed by atoms with Gasteiger partial charge in [-0.1, -0.05) is 29.3 Å². The van der Waals surface area contributed by atoms with E-state index in [1.54, 1.807) is 0 Å². The van der Waals surface area contributed by atoms with Crippen molar-refractivity contribution in [3.05, 3.63) is 39.9 Å². The van der Waals surface area contributed by atoms with Crippen LogP contribution in [0.4, 0.5) is 0 Å². The quantitative estimate of drug-likeness (QED) is 0.902. The van der Waals surface area contributed by atoms with Crippen molar-refractivity contribution in [2.75, 3.05) is 6.61 Å². The Morgan fingerprint density at radius 3 is 3.12 bits per heavy atom. The molecule has 0 aliphatic heterocycles. The molecule has 0 bridgehead atoms. The third-order valence-corrected chi connectivity index (χ3v) is 3.33. The number of fused-ring (bicyclic) bond motifs is 1. The molecule has 0 radical (unpaired) electrons. The van der Waals surface area contributed by atoms with Gasteiger partial charge >= 0.3 is 0 Å². The van der Waals surface area contributed by atoms with Gasteiger partial charge < -0.3 is 10.5 Å². The molecule has 2 nitrogen and oxygen atoms in total. The zero-order valence-electron chi connectivity index (χ0n) is 8.75. The van der Waals surface area contributed by atoms with Crippen LogP contribution in [0.15, 0.2) is 28.8 Å². The number of nitrogens with two attached hydrogens (primary N) is 1. The molecule has 0 spiro atoms. The first kappa shape index (κ1) is 11.8. The summed E-state index contributed by atoms with van der Waals surface area (Å²) in [6, 6.07) is 6.15. The average Bonchev–Trinajstić information content (AvgIpc) is 2.67. The van der Waals surface area contributed by atoms with Gasteiger partial charge in [0.25, 0.3) is 0 Å².